The van der Waals surface area contributed by atoms with Gasteiger partial charge in [-0.1, -0.05) is 18.2 Å². The molecule has 0 radical (unpaired) electrons. The van der Waals surface area contributed by atoms with E-state index < -0.39 is 10.0 Å². The molecule has 0 bridgehead atoms. The van der Waals surface area contributed by atoms with Gasteiger partial charge in [0.05, 0.1) is 35.3 Å². The van der Waals surface area contributed by atoms with Crippen LogP contribution in [0.1, 0.15) is 5.82 Å². The second-order valence-electron chi connectivity index (χ2n) is 7.42. The molecule has 5 rings (SSSR count). The van der Waals surface area contributed by atoms with E-state index in [4.69, 9.17) is 9.72 Å². The number of methoxy groups -OCH3 is 1. The van der Waals surface area contributed by atoms with Crippen molar-refractivity contribution in [2.24, 2.45) is 0 Å². The van der Waals surface area contributed by atoms with Crippen LogP contribution in [0.15, 0.2) is 77.7 Å². The van der Waals surface area contributed by atoms with Crippen LogP contribution in [-0.4, -0.2) is 31.6 Å². The molecule has 31 heavy (non-hydrogen) atoms. The molecule has 0 fully saturated rings. The van der Waals surface area contributed by atoms with Gasteiger partial charge in [0, 0.05) is 18.8 Å². The lowest BCUT2D eigenvalue weighted by Crippen LogP contribution is -2.33. The van der Waals surface area contributed by atoms with Crippen LogP contribution in [-0.2, 0) is 23.1 Å². The number of nitrogens with zero attached hydrogens (tertiary/aromatic N) is 3. The summed E-state index contributed by atoms with van der Waals surface area (Å²) in [5.74, 6) is 1.79. The molecular weight excluding hydrogens is 412 g/mol. The topological polar surface area (TPSA) is 76.5 Å². The lowest BCUT2D eigenvalue weighted by Gasteiger charge is -2.30. The summed E-state index contributed by atoms with van der Waals surface area (Å²) >= 11 is 0. The molecule has 0 amide bonds. The van der Waals surface area contributed by atoms with Gasteiger partial charge in [-0.15, -0.1) is 0 Å². The Labute approximate surface area is 181 Å². The van der Waals surface area contributed by atoms with Crippen LogP contribution in [0.4, 0.5) is 11.4 Å². The number of sulfonamides is 1. The van der Waals surface area contributed by atoms with Crippen LogP contribution >= 0.6 is 0 Å². The molecule has 0 atom stereocenters. The minimum absolute atomic E-state index is 0.231. The first-order chi connectivity index (χ1) is 15.0. The number of fused-ring (bicyclic) bond motifs is 3. The van der Waals surface area contributed by atoms with Gasteiger partial charge in [-0.2, -0.15) is 0 Å². The first-order valence-corrected chi connectivity index (χ1v) is 11.5. The number of anilines is 2. The Bertz CT molecular complexity index is 1330. The summed E-state index contributed by atoms with van der Waals surface area (Å²) in [5, 5.41) is 0. The van der Waals surface area contributed by atoms with Gasteiger partial charge in [-0.3, -0.25) is 4.72 Å². The Morgan fingerprint density at radius 2 is 1.74 bits per heavy atom. The number of ether oxygens (including phenoxy) is 1. The molecule has 3 aromatic carbocycles. The Hall–Kier alpha value is -3.52. The highest BCUT2D eigenvalue weighted by atomic mass is 32.2. The zero-order chi connectivity index (χ0) is 21.4. The van der Waals surface area contributed by atoms with Crippen molar-refractivity contribution in [3.05, 3.63) is 78.6 Å². The van der Waals surface area contributed by atoms with E-state index in [1.807, 2.05) is 30.3 Å². The van der Waals surface area contributed by atoms with Crippen LogP contribution in [0.3, 0.4) is 0 Å². The minimum atomic E-state index is -3.64. The summed E-state index contributed by atoms with van der Waals surface area (Å²) in [6.07, 6.45) is 0. The number of aromatic nitrogens is 2. The first-order valence-electron chi connectivity index (χ1n) is 9.99. The molecule has 1 N–H and O–H groups in total. The fourth-order valence-corrected chi connectivity index (χ4v) is 4.98. The number of benzene rings is 3. The third-order valence-corrected chi connectivity index (χ3v) is 6.89. The lowest BCUT2D eigenvalue weighted by molar-refractivity contribution is 0.414. The standard InChI is InChI=1S/C23H22N4O3S/c1-30-19-10-8-18(9-11-19)26-13-14-27-22-12-7-17(15-21(22)24-23(27)16-26)25-31(28,29)20-5-3-2-4-6-20/h2-12,15,25H,13-14,16H2,1H3. The van der Waals surface area contributed by atoms with E-state index in [0.717, 1.165) is 41.4 Å². The molecule has 1 aromatic heterocycles. The van der Waals surface area contributed by atoms with E-state index in [9.17, 15) is 8.42 Å². The van der Waals surface area contributed by atoms with Gasteiger partial charge in [-0.05, 0) is 54.6 Å². The molecule has 8 heteroatoms. The van der Waals surface area contributed by atoms with E-state index in [1.54, 1.807) is 49.6 Å². The van der Waals surface area contributed by atoms with Crippen molar-refractivity contribution in [3.63, 3.8) is 0 Å². The van der Waals surface area contributed by atoms with Crippen molar-refractivity contribution in [3.8, 4) is 5.75 Å². The molecular formula is C23H22N4O3S. The maximum Gasteiger partial charge on any atom is 0.261 e. The minimum Gasteiger partial charge on any atom is -0.497 e. The summed E-state index contributed by atoms with van der Waals surface area (Å²) in [7, 11) is -1.98. The zero-order valence-electron chi connectivity index (χ0n) is 17.0. The number of hydrogen-bond donors (Lipinski definition) is 1. The van der Waals surface area contributed by atoms with Gasteiger partial charge in [-0.25, -0.2) is 13.4 Å². The molecule has 1 aliphatic heterocycles. The smallest absolute Gasteiger partial charge is 0.261 e. The highest BCUT2D eigenvalue weighted by molar-refractivity contribution is 7.92. The molecule has 0 saturated carbocycles. The number of rotatable bonds is 5. The van der Waals surface area contributed by atoms with Gasteiger partial charge in [0.1, 0.15) is 11.6 Å². The molecule has 0 saturated heterocycles. The van der Waals surface area contributed by atoms with E-state index in [0.29, 0.717) is 12.2 Å². The molecule has 1 aliphatic rings. The Morgan fingerprint density at radius 3 is 2.48 bits per heavy atom. The molecule has 4 aromatic rings. The van der Waals surface area contributed by atoms with E-state index in [1.165, 1.54) is 0 Å². The second-order valence-corrected chi connectivity index (χ2v) is 9.10. The van der Waals surface area contributed by atoms with E-state index in [-0.39, 0.29) is 4.90 Å². The quantitative estimate of drug-likeness (QED) is 0.516. The second kappa shape index (κ2) is 7.63. The van der Waals surface area contributed by atoms with Crippen LogP contribution < -0.4 is 14.4 Å². The van der Waals surface area contributed by atoms with Gasteiger partial charge in [0.2, 0.25) is 0 Å². The first kappa shape index (κ1) is 19.4. The average molecular weight is 435 g/mol. The number of hydrogen-bond acceptors (Lipinski definition) is 5. The zero-order valence-corrected chi connectivity index (χ0v) is 17.8. The predicted octanol–water partition coefficient (Wildman–Crippen LogP) is 3.87. The maximum absolute atomic E-state index is 12.6. The van der Waals surface area contributed by atoms with Gasteiger partial charge < -0.3 is 14.2 Å². The van der Waals surface area contributed by atoms with E-state index >= 15 is 0 Å². The van der Waals surface area contributed by atoms with Crippen LogP contribution in [0.2, 0.25) is 0 Å². The average Bonchev–Trinajstić information content (AvgIpc) is 3.16. The summed E-state index contributed by atoms with van der Waals surface area (Å²) in [4.78, 5) is 7.30. The highest BCUT2D eigenvalue weighted by Gasteiger charge is 2.21. The van der Waals surface area contributed by atoms with Crippen molar-refractivity contribution in [1.82, 2.24) is 9.55 Å². The van der Waals surface area contributed by atoms with Crippen LogP contribution in [0, 0.1) is 0 Å². The SMILES string of the molecule is COc1ccc(N2CCn3c(nc4cc(NS(=O)(=O)c5ccccc5)ccc43)C2)cc1. The summed E-state index contributed by atoms with van der Waals surface area (Å²) in [6.45, 7) is 2.37. The van der Waals surface area contributed by atoms with Crippen molar-refractivity contribution >= 4 is 32.4 Å². The Kier molecular flexibility index (Phi) is 4.78. The van der Waals surface area contributed by atoms with E-state index in [2.05, 4.69) is 14.2 Å². The molecule has 7 nitrogen and oxygen atoms in total. The van der Waals surface area contributed by atoms with Crippen molar-refractivity contribution in [1.29, 1.82) is 0 Å². The molecule has 0 spiro atoms. The van der Waals surface area contributed by atoms with Crippen molar-refractivity contribution in [2.75, 3.05) is 23.3 Å². The summed E-state index contributed by atoms with van der Waals surface area (Å²) in [6, 6.07) is 21.9. The normalized spacial score (nSPS) is 13.8. The fourth-order valence-electron chi connectivity index (χ4n) is 3.91. The monoisotopic (exact) mass is 434 g/mol. The third kappa shape index (κ3) is 3.70. The lowest BCUT2D eigenvalue weighted by atomic mass is 10.2. The van der Waals surface area contributed by atoms with Gasteiger partial charge in [0.15, 0.2) is 0 Å². The molecule has 0 aliphatic carbocycles. The van der Waals surface area contributed by atoms with Crippen LogP contribution in [0.5, 0.6) is 5.75 Å². The molecule has 2 heterocycles. The predicted molar refractivity (Wildman–Crippen MR) is 121 cm³/mol. The Morgan fingerprint density at radius 1 is 0.968 bits per heavy atom. The molecule has 0 unspecified atom stereocenters. The van der Waals surface area contributed by atoms with Gasteiger partial charge in [0.25, 0.3) is 10.0 Å². The van der Waals surface area contributed by atoms with Crippen molar-refractivity contribution < 1.29 is 13.2 Å². The van der Waals surface area contributed by atoms with Crippen molar-refractivity contribution in [2.45, 2.75) is 18.0 Å². The number of imidazole rings is 1. The summed E-state index contributed by atoms with van der Waals surface area (Å²) < 4.78 is 35.3. The Balaban J connectivity index is 1.41. The van der Waals surface area contributed by atoms with Crippen LogP contribution in [0.25, 0.3) is 11.0 Å². The molecule has 158 valence electrons. The van der Waals surface area contributed by atoms with Gasteiger partial charge >= 0.3 is 0 Å². The largest absolute Gasteiger partial charge is 0.497 e. The maximum atomic E-state index is 12.6. The third-order valence-electron chi connectivity index (χ3n) is 5.50. The highest BCUT2D eigenvalue weighted by Crippen LogP contribution is 2.28. The summed E-state index contributed by atoms with van der Waals surface area (Å²) in [5.41, 5.74) is 3.40. The number of nitrogens with one attached hydrogen (secondary N) is 1. The fraction of sp³-hybridized carbons (Fsp3) is 0.174.